The Kier molecular flexibility index (Phi) is 5.63. The Labute approximate surface area is 120 Å². The number of halogens is 1. The number of para-hydroxylation sites is 1. The summed E-state index contributed by atoms with van der Waals surface area (Å²) in [7, 11) is 1.59. The summed E-state index contributed by atoms with van der Waals surface area (Å²) in [5.74, 6) is 0.689. The van der Waals surface area contributed by atoms with Crippen LogP contribution in [0.4, 0.5) is 0 Å². The summed E-state index contributed by atoms with van der Waals surface area (Å²) < 4.78 is 5.25. The number of hydrogen-bond donors (Lipinski definition) is 1. The molecular weight excluding hydrogens is 264 g/mol. The zero-order chi connectivity index (χ0) is 13.1. The maximum atomic E-state index is 12.5. The molecule has 1 saturated heterocycles. The van der Waals surface area contributed by atoms with Crippen LogP contribution in [0.2, 0.25) is 0 Å². The fourth-order valence-electron chi connectivity index (χ4n) is 2.48. The minimum Gasteiger partial charge on any atom is -0.496 e. The zero-order valence-corrected chi connectivity index (χ0v) is 12.4. The van der Waals surface area contributed by atoms with E-state index in [9.17, 15) is 4.79 Å². The summed E-state index contributed by atoms with van der Waals surface area (Å²) >= 11 is 0. The lowest BCUT2D eigenvalue weighted by atomic mass is 10.1. The van der Waals surface area contributed by atoms with Crippen molar-refractivity contribution in [1.29, 1.82) is 0 Å². The average Bonchev–Trinajstić information content (AvgIpc) is 2.36. The van der Waals surface area contributed by atoms with Gasteiger partial charge in [0.25, 0.3) is 5.91 Å². The van der Waals surface area contributed by atoms with Crippen LogP contribution in [-0.4, -0.2) is 43.1 Å². The van der Waals surface area contributed by atoms with E-state index in [2.05, 4.69) is 19.2 Å². The predicted molar refractivity (Wildman–Crippen MR) is 78.2 cm³/mol. The number of amides is 1. The Balaban J connectivity index is 0.00000180. The second-order valence-corrected chi connectivity index (χ2v) is 4.88. The average molecular weight is 285 g/mol. The van der Waals surface area contributed by atoms with E-state index in [-0.39, 0.29) is 18.3 Å². The molecule has 1 heterocycles. The number of nitrogens with zero attached hydrogens (tertiary/aromatic N) is 1. The number of benzene rings is 1. The summed E-state index contributed by atoms with van der Waals surface area (Å²) in [6.45, 7) is 5.67. The molecule has 19 heavy (non-hydrogen) atoms. The van der Waals surface area contributed by atoms with Gasteiger partial charge in [0.2, 0.25) is 0 Å². The molecule has 0 spiro atoms. The van der Waals surface area contributed by atoms with Gasteiger partial charge in [0, 0.05) is 25.2 Å². The van der Waals surface area contributed by atoms with E-state index < -0.39 is 0 Å². The molecule has 1 fully saturated rings. The standard InChI is InChI=1S/C14H20N2O2.ClH/c1-10-8-16(9-11(2)15-10)14(17)12-6-4-5-7-13(12)18-3;/h4-7,10-11,15H,8-9H2,1-3H3;1H. The van der Waals surface area contributed by atoms with Crippen molar-refractivity contribution in [3.63, 3.8) is 0 Å². The van der Waals surface area contributed by atoms with Crippen LogP contribution in [0.1, 0.15) is 24.2 Å². The van der Waals surface area contributed by atoms with Crippen molar-refractivity contribution in [2.75, 3.05) is 20.2 Å². The summed E-state index contributed by atoms with van der Waals surface area (Å²) in [4.78, 5) is 14.4. The Bertz CT molecular complexity index is 429. The van der Waals surface area contributed by atoms with Crippen molar-refractivity contribution >= 4 is 18.3 Å². The number of ether oxygens (including phenoxy) is 1. The minimum absolute atomic E-state index is 0. The molecule has 1 aromatic carbocycles. The molecule has 1 aliphatic heterocycles. The van der Waals surface area contributed by atoms with Crippen LogP contribution < -0.4 is 10.1 Å². The van der Waals surface area contributed by atoms with Crippen molar-refractivity contribution < 1.29 is 9.53 Å². The number of hydrogen-bond acceptors (Lipinski definition) is 3. The molecule has 1 N–H and O–H groups in total. The van der Waals surface area contributed by atoms with Gasteiger partial charge in [0.05, 0.1) is 12.7 Å². The lowest BCUT2D eigenvalue weighted by Crippen LogP contribution is -2.55. The smallest absolute Gasteiger partial charge is 0.257 e. The highest BCUT2D eigenvalue weighted by molar-refractivity contribution is 5.97. The van der Waals surface area contributed by atoms with E-state index >= 15 is 0 Å². The third-order valence-corrected chi connectivity index (χ3v) is 3.18. The maximum absolute atomic E-state index is 12.5. The number of rotatable bonds is 2. The van der Waals surface area contributed by atoms with Gasteiger partial charge < -0.3 is 15.0 Å². The van der Waals surface area contributed by atoms with Gasteiger partial charge in [0.15, 0.2) is 0 Å². The fraction of sp³-hybridized carbons (Fsp3) is 0.500. The highest BCUT2D eigenvalue weighted by Gasteiger charge is 2.26. The predicted octanol–water partition coefficient (Wildman–Crippen LogP) is 1.94. The molecule has 0 radical (unpaired) electrons. The van der Waals surface area contributed by atoms with Gasteiger partial charge in [-0.05, 0) is 26.0 Å². The van der Waals surface area contributed by atoms with Crippen molar-refractivity contribution in [1.82, 2.24) is 10.2 Å². The molecular formula is C14H21ClN2O2. The quantitative estimate of drug-likeness (QED) is 0.902. The Morgan fingerprint density at radius 2 is 1.84 bits per heavy atom. The SMILES string of the molecule is COc1ccccc1C(=O)N1CC(C)NC(C)C1.Cl. The number of methoxy groups -OCH3 is 1. The lowest BCUT2D eigenvalue weighted by molar-refractivity contribution is 0.0670. The number of carbonyl (C=O) groups excluding carboxylic acids is 1. The van der Waals surface area contributed by atoms with Crippen molar-refractivity contribution in [3.8, 4) is 5.75 Å². The highest BCUT2D eigenvalue weighted by atomic mass is 35.5. The van der Waals surface area contributed by atoms with Crippen LogP contribution in [0.5, 0.6) is 5.75 Å². The van der Waals surface area contributed by atoms with Gasteiger partial charge in [-0.2, -0.15) is 0 Å². The molecule has 5 heteroatoms. The third kappa shape index (κ3) is 3.61. The summed E-state index contributed by atoms with van der Waals surface area (Å²) in [6.07, 6.45) is 0. The van der Waals surface area contributed by atoms with Gasteiger partial charge in [-0.3, -0.25) is 4.79 Å². The number of carbonyl (C=O) groups is 1. The third-order valence-electron chi connectivity index (χ3n) is 3.18. The molecule has 0 aromatic heterocycles. The van der Waals surface area contributed by atoms with Crippen molar-refractivity contribution in [2.45, 2.75) is 25.9 Å². The zero-order valence-electron chi connectivity index (χ0n) is 11.6. The number of piperazine rings is 1. The molecule has 106 valence electrons. The molecule has 1 aromatic rings. The first kappa shape index (κ1) is 15.8. The van der Waals surface area contributed by atoms with Crippen LogP contribution in [-0.2, 0) is 0 Å². The van der Waals surface area contributed by atoms with Gasteiger partial charge >= 0.3 is 0 Å². The highest BCUT2D eigenvalue weighted by Crippen LogP contribution is 2.20. The molecule has 1 amide bonds. The van der Waals surface area contributed by atoms with Crippen LogP contribution in [0, 0.1) is 0 Å². The number of nitrogens with one attached hydrogen (secondary N) is 1. The first-order valence-electron chi connectivity index (χ1n) is 6.30. The monoisotopic (exact) mass is 284 g/mol. The second kappa shape index (κ2) is 6.78. The maximum Gasteiger partial charge on any atom is 0.257 e. The van der Waals surface area contributed by atoms with Crippen LogP contribution in [0.3, 0.4) is 0 Å². The molecule has 4 nitrogen and oxygen atoms in total. The largest absolute Gasteiger partial charge is 0.496 e. The van der Waals surface area contributed by atoms with E-state index in [0.29, 0.717) is 23.4 Å². The minimum atomic E-state index is 0. The Hall–Kier alpha value is -1.26. The van der Waals surface area contributed by atoms with Gasteiger partial charge in [-0.25, -0.2) is 0 Å². The molecule has 2 unspecified atom stereocenters. The molecule has 2 atom stereocenters. The normalized spacial score (nSPS) is 22.6. The van der Waals surface area contributed by atoms with Crippen LogP contribution >= 0.6 is 12.4 Å². The second-order valence-electron chi connectivity index (χ2n) is 4.88. The molecule has 1 aliphatic rings. The van der Waals surface area contributed by atoms with Gasteiger partial charge in [-0.15, -0.1) is 12.4 Å². The van der Waals surface area contributed by atoms with Crippen molar-refractivity contribution in [3.05, 3.63) is 29.8 Å². The van der Waals surface area contributed by atoms with E-state index in [1.54, 1.807) is 7.11 Å². The topological polar surface area (TPSA) is 41.6 Å². The fourth-order valence-corrected chi connectivity index (χ4v) is 2.48. The van der Waals surface area contributed by atoms with Gasteiger partial charge in [0.1, 0.15) is 5.75 Å². The molecule has 2 rings (SSSR count). The molecule has 0 aliphatic carbocycles. The Morgan fingerprint density at radius 1 is 1.26 bits per heavy atom. The first-order valence-corrected chi connectivity index (χ1v) is 6.30. The summed E-state index contributed by atoms with van der Waals surface area (Å²) in [6, 6.07) is 8.03. The van der Waals surface area contributed by atoms with E-state index in [1.165, 1.54) is 0 Å². The van der Waals surface area contributed by atoms with E-state index in [4.69, 9.17) is 4.74 Å². The first-order chi connectivity index (χ1) is 8.61. The van der Waals surface area contributed by atoms with Crippen LogP contribution in [0.15, 0.2) is 24.3 Å². The van der Waals surface area contributed by atoms with E-state index in [1.807, 2.05) is 29.2 Å². The van der Waals surface area contributed by atoms with Crippen LogP contribution in [0.25, 0.3) is 0 Å². The lowest BCUT2D eigenvalue weighted by Gasteiger charge is -2.36. The Morgan fingerprint density at radius 3 is 2.42 bits per heavy atom. The summed E-state index contributed by atoms with van der Waals surface area (Å²) in [5, 5.41) is 3.42. The van der Waals surface area contributed by atoms with Crippen molar-refractivity contribution in [2.24, 2.45) is 0 Å². The molecule has 0 saturated carbocycles. The molecule has 0 bridgehead atoms. The summed E-state index contributed by atoms with van der Waals surface area (Å²) in [5.41, 5.74) is 0.640. The van der Waals surface area contributed by atoms with E-state index in [0.717, 1.165) is 13.1 Å². The van der Waals surface area contributed by atoms with Gasteiger partial charge in [-0.1, -0.05) is 12.1 Å².